The van der Waals surface area contributed by atoms with Crippen molar-refractivity contribution < 1.29 is 9.21 Å². The van der Waals surface area contributed by atoms with Crippen LogP contribution in [0, 0.1) is 5.92 Å². The van der Waals surface area contributed by atoms with E-state index in [0.29, 0.717) is 34.8 Å². The lowest BCUT2D eigenvalue weighted by atomic mass is 10.0. The second kappa shape index (κ2) is 9.37. The highest BCUT2D eigenvalue weighted by Crippen LogP contribution is 2.28. The van der Waals surface area contributed by atoms with Crippen LogP contribution in [-0.2, 0) is 0 Å². The van der Waals surface area contributed by atoms with Gasteiger partial charge in [-0.3, -0.25) is 4.79 Å². The van der Waals surface area contributed by atoms with Gasteiger partial charge in [0.25, 0.3) is 5.91 Å². The molecule has 0 saturated carbocycles. The van der Waals surface area contributed by atoms with Crippen LogP contribution in [0.25, 0.3) is 22.6 Å². The van der Waals surface area contributed by atoms with Gasteiger partial charge >= 0.3 is 0 Å². The number of nitrogens with zero attached hydrogens (tertiary/aromatic N) is 1. The molecule has 2 aromatic carbocycles. The van der Waals surface area contributed by atoms with Crippen molar-refractivity contribution in [3.63, 3.8) is 0 Å². The zero-order valence-corrected chi connectivity index (χ0v) is 16.5. The van der Waals surface area contributed by atoms with E-state index < -0.39 is 0 Å². The molecular weight excluding hydrogens is 352 g/mol. The molecule has 1 aliphatic rings. The van der Waals surface area contributed by atoms with Gasteiger partial charge in [0.1, 0.15) is 5.52 Å². The van der Waals surface area contributed by atoms with Gasteiger partial charge in [-0.05, 0) is 57.0 Å². The average molecular weight is 380 g/mol. The van der Waals surface area contributed by atoms with Gasteiger partial charge in [0.05, 0.1) is 5.56 Å². The molecule has 0 spiro atoms. The number of hydrogen-bond acceptors (Lipinski definition) is 5. The predicted octanol–water partition coefficient (Wildman–Crippen LogP) is 3.83. The molecule has 0 radical (unpaired) electrons. The van der Waals surface area contributed by atoms with E-state index in [2.05, 4.69) is 22.5 Å². The Morgan fingerprint density at radius 2 is 1.96 bits per heavy atom. The molecule has 6 nitrogen and oxygen atoms in total. The molecule has 1 fully saturated rings. The van der Waals surface area contributed by atoms with Crippen LogP contribution in [-0.4, -0.2) is 30.5 Å². The molecule has 148 valence electrons. The summed E-state index contributed by atoms with van der Waals surface area (Å²) in [6, 6.07) is 12.8. The standard InChI is InChI=1S/C16H15N3O2.C6H13N/c1-2-18-15(20)12-8-11(17)9-13-14(12)19-16(21-13)10-6-4-3-5-7-10;1-6-2-4-7-5-3-6/h3-9H,2,17H2,1H3,(H,18,20);6-7H,2-5H2,1H3. The van der Waals surface area contributed by atoms with Gasteiger partial charge in [-0.2, -0.15) is 0 Å². The van der Waals surface area contributed by atoms with Crippen LogP contribution in [0.3, 0.4) is 0 Å². The highest BCUT2D eigenvalue weighted by Gasteiger charge is 2.17. The van der Waals surface area contributed by atoms with Crippen LogP contribution in [0.2, 0.25) is 0 Å². The van der Waals surface area contributed by atoms with Gasteiger partial charge in [-0.1, -0.05) is 25.1 Å². The number of hydrogen-bond donors (Lipinski definition) is 3. The quantitative estimate of drug-likeness (QED) is 0.601. The van der Waals surface area contributed by atoms with Crippen molar-refractivity contribution in [2.45, 2.75) is 26.7 Å². The van der Waals surface area contributed by atoms with Gasteiger partial charge < -0.3 is 20.8 Å². The maximum Gasteiger partial charge on any atom is 0.253 e. The first-order valence-electron chi connectivity index (χ1n) is 9.83. The Bertz CT molecular complexity index is 915. The Morgan fingerprint density at radius 1 is 1.25 bits per heavy atom. The molecule has 4 rings (SSSR count). The summed E-state index contributed by atoms with van der Waals surface area (Å²) in [6.07, 6.45) is 2.75. The van der Waals surface area contributed by atoms with Crippen LogP contribution < -0.4 is 16.4 Å². The molecule has 6 heteroatoms. The minimum atomic E-state index is -0.206. The molecule has 2 heterocycles. The van der Waals surface area contributed by atoms with Crippen molar-refractivity contribution >= 4 is 22.7 Å². The molecule has 0 unspecified atom stereocenters. The second-order valence-corrected chi connectivity index (χ2v) is 7.09. The highest BCUT2D eigenvalue weighted by molar-refractivity contribution is 6.06. The van der Waals surface area contributed by atoms with Crippen LogP contribution in [0.4, 0.5) is 5.69 Å². The largest absolute Gasteiger partial charge is 0.436 e. The summed E-state index contributed by atoms with van der Waals surface area (Å²) in [5.41, 5.74) is 8.63. The van der Waals surface area contributed by atoms with E-state index in [-0.39, 0.29) is 5.91 Å². The zero-order chi connectivity index (χ0) is 19.9. The topological polar surface area (TPSA) is 93.2 Å². The molecule has 3 aromatic rings. The maximum absolute atomic E-state index is 12.1. The number of benzene rings is 2. The number of carbonyl (C=O) groups is 1. The first kappa shape index (κ1) is 19.9. The van der Waals surface area contributed by atoms with E-state index in [9.17, 15) is 4.79 Å². The van der Waals surface area contributed by atoms with Crippen molar-refractivity contribution in [3.8, 4) is 11.5 Å². The molecule has 0 aliphatic carbocycles. The van der Waals surface area contributed by atoms with Gasteiger partial charge in [0.15, 0.2) is 5.58 Å². The Labute approximate surface area is 165 Å². The molecular formula is C22H28N4O2. The fourth-order valence-corrected chi connectivity index (χ4v) is 3.15. The van der Waals surface area contributed by atoms with Crippen LogP contribution in [0.15, 0.2) is 46.9 Å². The first-order chi connectivity index (χ1) is 13.6. The normalized spacial score (nSPS) is 14.4. The van der Waals surface area contributed by atoms with E-state index in [4.69, 9.17) is 10.2 Å². The Hall–Kier alpha value is -2.86. The molecule has 0 bridgehead atoms. The lowest BCUT2D eigenvalue weighted by Gasteiger charge is -2.17. The Balaban J connectivity index is 0.000000271. The smallest absolute Gasteiger partial charge is 0.253 e. The van der Waals surface area contributed by atoms with E-state index in [1.807, 2.05) is 37.3 Å². The molecule has 1 saturated heterocycles. The third kappa shape index (κ3) is 4.89. The first-order valence-corrected chi connectivity index (χ1v) is 9.83. The number of aromatic nitrogens is 1. The SMILES string of the molecule is CC1CCNCC1.CCNC(=O)c1cc(N)cc2oc(-c3ccccc3)nc12. The number of fused-ring (bicyclic) bond motifs is 1. The van der Waals surface area contributed by atoms with Crippen molar-refractivity contribution in [1.29, 1.82) is 0 Å². The van der Waals surface area contributed by atoms with Crippen molar-refractivity contribution in [3.05, 3.63) is 48.0 Å². The summed E-state index contributed by atoms with van der Waals surface area (Å²) < 4.78 is 5.73. The number of nitrogens with two attached hydrogens (primary N) is 1. The minimum absolute atomic E-state index is 0.206. The van der Waals surface area contributed by atoms with Crippen LogP contribution in [0.1, 0.15) is 37.0 Å². The number of piperidine rings is 1. The maximum atomic E-state index is 12.1. The third-order valence-corrected chi connectivity index (χ3v) is 4.75. The molecule has 1 aromatic heterocycles. The van der Waals surface area contributed by atoms with Gasteiger partial charge in [-0.15, -0.1) is 0 Å². The van der Waals surface area contributed by atoms with E-state index in [1.165, 1.54) is 25.9 Å². The summed E-state index contributed by atoms with van der Waals surface area (Å²) in [4.78, 5) is 16.6. The Morgan fingerprint density at radius 3 is 2.57 bits per heavy atom. The molecule has 4 N–H and O–H groups in total. The lowest BCUT2D eigenvalue weighted by Crippen LogP contribution is -2.26. The molecule has 1 aliphatic heterocycles. The average Bonchev–Trinajstić information content (AvgIpc) is 3.13. The fraction of sp³-hybridized carbons (Fsp3) is 0.364. The number of nitrogen functional groups attached to an aromatic ring is 1. The lowest BCUT2D eigenvalue weighted by molar-refractivity contribution is 0.0957. The van der Waals surface area contributed by atoms with E-state index in [0.717, 1.165) is 11.5 Å². The van der Waals surface area contributed by atoms with Crippen molar-refractivity contribution in [1.82, 2.24) is 15.6 Å². The molecule has 1 amide bonds. The Kier molecular flexibility index (Phi) is 6.66. The summed E-state index contributed by atoms with van der Waals surface area (Å²) in [5.74, 6) is 1.24. The monoisotopic (exact) mass is 380 g/mol. The summed E-state index contributed by atoms with van der Waals surface area (Å²) >= 11 is 0. The van der Waals surface area contributed by atoms with Crippen LogP contribution in [0.5, 0.6) is 0 Å². The molecule has 28 heavy (non-hydrogen) atoms. The van der Waals surface area contributed by atoms with E-state index >= 15 is 0 Å². The van der Waals surface area contributed by atoms with Crippen molar-refractivity contribution in [2.75, 3.05) is 25.4 Å². The number of carbonyl (C=O) groups excluding carboxylic acids is 1. The van der Waals surface area contributed by atoms with Gasteiger partial charge in [0.2, 0.25) is 5.89 Å². The fourth-order valence-electron chi connectivity index (χ4n) is 3.15. The number of amides is 1. The van der Waals surface area contributed by atoms with Gasteiger partial charge in [-0.25, -0.2) is 4.98 Å². The van der Waals surface area contributed by atoms with Gasteiger partial charge in [0, 0.05) is 23.9 Å². The number of rotatable bonds is 3. The minimum Gasteiger partial charge on any atom is -0.436 e. The van der Waals surface area contributed by atoms with E-state index in [1.54, 1.807) is 12.1 Å². The number of oxazole rings is 1. The molecule has 0 atom stereocenters. The third-order valence-electron chi connectivity index (χ3n) is 4.75. The summed E-state index contributed by atoms with van der Waals surface area (Å²) in [5, 5.41) is 6.07. The number of nitrogens with one attached hydrogen (secondary N) is 2. The number of anilines is 1. The second-order valence-electron chi connectivity index (χ2n) is 7.09. The predicted molar refractivity (Wildman–Crippen MR) is 113 cm³/mol. The zero-order valence-electron chi connectivity index (χ0n) is 16.5. The summed E-state index contributed by atoms with van der Waals surface area (Å²) in [7, 11) is 0. The van der Waals surface area contributed by atoms with Crippen molar-refractivity contribution in [2.24, 2.45) is 5.92 Å². The summed E-state index contributed by atoms with van der Waals surface area (Å²) in [6.45, 7) is 7.20. The van der Waals surface area contributed by atoms with Crippen LogP contribution >= 0.6 is 0 Å². The highest BCUT2D eigenvalue weighted by atomic mass is 16.3.